The lowest BCUT2D eigenvalue weighted by atomic mass is 10.0. The molecule has 0 aromatic carbocycles. The van der Waals surface area contributed by atoms with E-state index >= 15 is 0 Å². The van der Waals surface area contributed by atoms with Crippen molar-refractivity contribution in [2.24, 2.45) is 0 Å². The predicted molar refractivity (Wildman–Crippen MR) is 347 cm³/mol. The molecule has 2 atom stereocenters. The first-order chi connectivity index (χ1) is 39.0. The molecule has 0 saturated carbocycles. The molecule has 0 spiro atoms. The molecule has 0 aliphatic heterocycles. The molecule has 0 rings (SSSR count). The minimum atomic E-state index is -0.840. The van der Waals surface area contributed by atoms with Crippen LogP contribution in [0.3, 0.4) is 0 Å². The van der Waals surface area contributed by atoms with Gasteiger partial charge in [0, 0.05) is 12.8 Å². The third-order valence-corrected chi connectivity index (χ3v) is 17.0. The number of carbonyl (C=O) groups is 2. The number of unbranched alkanes of at least 4 members (excludes halogenated alkanes) is 55. The van der Waals surface area contributed by atoms with Crippen LogP contribution in [-0.4, -0.2) is 47.4 Å². The molecule has 6 heteroatoms. The van der Waals surface area contributed by atoms with E-state index in [0.717, 1.165) is 38.5 Å². The number of allylic oxidation sites excluding steroid dienone is 3. The van der Waals surface area contributed by atoms with Gasteiger partial charge in [-0.25, -0.2) is 0 Å². The van der Waals surface area contributed by atoms with Crippen LogP contribution in [0, 0.1) is 0 Å². The van der Waals surface area contributed by atoms with Gasteiger partial charge in [-0.3, -0.25) is 9.59 Å². The highest BCUT2D eigenvalue weighted by molar-refractivity contribution is 5.76. The molecule has 468 valence electrons. The van der Waals surface area contributed by atoms with Gasteiger partial charge in [0.25, 0.3) is 0 Å². The normalized spacial score (nSPS) is 12.6. The SMILES string of the molecule is CCCCCCCCCCC/C=C/C(O)C(CO)NC(=O)CCCCCCCCCCCCCCCCCCC/C=C\CCCCCCCCCCCCCCOC(=O)CCCCCCCCCCCCCCCCCCCC. The third kappa shape index (κ3) is 65.4. The summed E-state index contributed by atoms with van der Waals surface area (Å²) < 4.78 is 5.51. The first-order valence-electron chi connectivity index (χ1n) is 36.1. The largest absolute Gasteiger partial charge is 0.466 e. The van der Waals surface area contributed by atoms with Crippen LogP contribution < -0.4 is 5.32 Å². The lowest BCUT2D eigenvalue weighted by Crippen LogP contribution is -2.45. The Morgan fingerprint density at radius 1 is 0.342 bits per heavy atom. The van der Waals surface area contributed by atoms with Gasteiger partial charge in [-0.1, -0.05) is 359 Å². The molecule has 0 aliphatic rings. The zero-order valence-corrected chi connectivity index (χ0v) is 53.6. The Hall–Kier alpha value is -1.66. The second-order valence-electron chi connectivity index (χ2n) is 24.9. The summed E-state index contributed by atoms with van der Waals surface area (Å²) in [5.74, 6) is -0.0409. The van der Waals surface area contributed by atoms with Gasteiger partial charge >= 0.3 is 5.97 Å². The van der Waals surface area contributed by atoms with Gasteiger partial charge in [-0.15, -0.1) is 0 Å². The molecule has 0 aromatic heterocycles. The van der Waals surface area contributed by atoms with Crippen molar-refractivity contribution in [1.82, 2.24) is 5.32 Å². The molecule has 1 amide bonds. The number of aliphatic hydroxyl groups is 2. The summed E-state index contributed by atoms with van der Waals surface area (Å²) in [7, 11) is 0. The Balaban J connectivity index is 3.32. The van der Waals surface area contributed by atoms with Crippen molar-refractivity contribution in [2.75, 3.05) is 13.2 Å². The maximum Gasteiger partial charge on any atom is 0.305 e. The highest BCUT2D eigenvalue weighted by Gasteiger charge is 2.18. The molecule has 0 fully saturated rings. The first kappa shape index (κ1) is 77.3. The number of ether oxygens (including phenoxy) is 1. The monoisotopic (exact) mass is 1110 g/mol. The highest BCUT2D eigenvalue weighted by Crippen LogP contribution is 2.19. The van der Waals surface area contributed by atoms with E-state index in [0.29, 0.717) is 19.4 Å². The minimum absolute atomic E-state index is 0.0235. The van der Waals surface area contributed by atoms with Crippen molar-refractivity contribution in [3.63, 3.8) is 0 Å². The van der Waals surface area contributed by atoms with Crippen molar-refractivity contribution in [3.05, 3.63) is 24.3 Å². The van der Waals surface area contributed by atoms with E-state index in [1.165, 1.54) is 340 Å². The van der Waals surface area contributed by atoms with Crippen LogP contribution in [0.4, 0.5) is 0 Å². The quantitative estimate of drug-likeness (QED) is 0.0320. The van der Waals surface area contributed by atoms with E-state index in [1.807, 2.05) is 6.08 Å². The van der Waals surface area contributed by atoms with Crippen LogP contribution in [0.2, 0.25) is 0 Å². The van der Waals surface area contributed by atoms with E-state index in [2.05, 4.69) is 31.3 Å². The van der Waals surface area contributed by atoms with E-state index in [9.17, 15) is 19.8 Å². The average Bonchev–Trinajstić information content (AvgIpc) is 3.45. The molecule has 2 unspecified atom stereocenters. The van der Waals surface area contributed by atoms with Gasteiger partial charge < -0.3 is 20.3 Å². The summed E-state index contributed by atoms with van der Waals surface area (Å²) in [6, 6.07) is -0.624. The van der Waals surface area contributed by atoms with Gasteiger partial charge in [0.2, 0.25) is 5.91 Å². The summed E-state index contributed by atoms with van der Waals surface area (Å²) in [6.07, 6.45) is 87.1. The number of hydrogen-bond acceptors (Lipinski definition) is 5. The van der Waals surface area contributed by atoms with Crippen LogP contribution in [0.1, 0.15) is 406 Å². The number of rotatable bonds is 68. The minimum Gasteiger partial charge on any atom is -0.466 e. The second-order valence-corrected chi connectivity index (χ2v) is 24.9. The Kier molecular flexibility index (Phi) is 67.4. The second kappa shape index (κ2) is 68.8. The van der Waals surface area contributed by atoms with E-state index in [4.69, 9.17) is 4.74 Å². The van der Waals surface area contributed by atoms with Crippen LogP contribution in [-0.2, 0) is 14.3 Å². The van der Waals surface area contributed by atoms with Gasteiger partial charge in [0.1, 0.15) is 0 Å². The van der Waals surface area contributed by atoms with Gasteiger partial charge in [-0.05, 0) is 57.8 Å². The van der Waals surface area contributed by atoms with E-state index in [1.54, 1.807) is 6.08 Å². The Morgan fingerprint density at radius 3 is 0.899 bits per heavy atom. The zero-order valence-electron chi connectivity index (χ0n) is 53.6. The molecule has 0 radical (unpaired) electrons. The van der Waals surface area contributed by atoms with Crippen molar-refractivity contribution in [1.29, 1.82) is 0 Å². The number of amides is 1. The smallest absolute Gasteiger partial charge is 0.305 e. The number of hydrogen-bond donors (Lipinski definition) is 3. The summed E-state index contributed by atoms with van der Waals surface area (Å²) in [6.45, 7) is 4.93. The first-order valence-corrected chi connectivity index (χ1v) is 36.1. The van der Waals surface area contributed by atoms with Crippen LogP contribution in [0.5, 0.6) is 0 Å². The molecule has 3 N–H and O–H groups in total. The molecular formula is C73H141NO5. The maximum absolute atomic E-state index is 12.4. The molecule has 0 heterocycles. The zero-order chi connectivity index (χ0) is 57.1. The predicted octanol–water partition coefficient (Wildman–Crippen LogP) is 23.3. The molecule has 0 aromatic rings. The summed E-state index contributed by atoms with van der Waals surface area (Å²) in [5.41, 5.74) is 0. The summed E-state index contributed by atoms with van der Waals surface area (Å²) in [4.78, 5) is 24.6. The van der Waals surface area contributed by atoms with Crippen LogP contribution in [0.25, 0.3) is 0 Å². The Morgan fingerprint density at radius 2 is 0.595 bits per heavy atom. The topological polar surface area (TPSA) is 95.9 Å². The fraction of sp³-hybridized carbons (Fsp3) is 0.918. The lowest BCUT2D eigenvalue weighted by molar-refractivity contribution is -0.143. The molecule has 79 heavy (non-hydrogen) atoms. The summed E-state index contributed by atoms with van der Waals surface area (Å²) >= 11 is 0. The van der Waals surface area contributed by atoms with Crippen molar-refractivity contribution < 1.29 is 24.5 Å². The van der Waals surface area contributed by atoms with Crippen molar-refractivity contribution >= 4 is 11.9 Å². The highest BCUT2D eigenvalue weighted by atomic mass is 16.5. The van der Waals surface area contributed by atoms with Gasteiger partial charge in [-0.2, -0.15) is 0 Å². The molecular weight excluding hydrogens is 971 g/mol. The van der Waals surface area contributed by atoms with Crippen molar-refractivity contribution in [3.8, 4) is 0 Å². The lowest BCUT2D eigenvalue weighted by Gasteiger charge is -2.20. The van der Waals surface area contributed by atoms with Gasteiger partial charge in [0.15, 0.2) is 0 Å². The van der Waals surface area contributed by atoms with Crippen molar-refractivity contribution in [2.45, 2.75) is 418 Å². The Bertz CT molecular complexity index is 1230. The fourth-order valence-electron chi connectivity index (χ4n) is 11.5. The fourth-order valence-corrected chi connectivity index (χ4v) is 11.5. The van der Waals surface area contributed by atoms with Crippen LogP contribution >= 0.6 is 0 Å². The number of esters is 1. The molecule has 0 saturated heterocycles. The summed E-state index contributed by atoms with van der Waals surface area (Å²) in [5, 5.41) is 23.1. The third-order valence-electron chi connectivity index (χ3n) is 17.0. The standard InChI is InChI=1S/C73H141NO5/c1-3-5-7-9-11-13-15-16-17-18-37-40-43-47-51-55-59-63-67-73(78)79-68-64-60-56-52-48-44-41-38-35-33-31-29-27-25-23-21-19-20-22-24-26-28-30-32-34-36-39-42-46-50-54-58-62-66-72(77)74-70(69-75)71(76)65-61-57-53-49-45-14-12-10-8-6-4-2/h23,25,61,65,70-71,75-76H,3-22,24,26-60,62-64,66-69H2,1-2H3,(H,74,77)/b25-23-,65-61+. The number of aliphatic hydroxyl groups excluding tert-OH is 2. The van der Waals surface area contributed by atoms with E-state index in [-0.39, 0.29) is 18.5 Å². The molecule has 0 bridgehead atoms. The Labute approximate surface area is 494 Å². The number of carbonyl (C=O) groups excluding carboxylic acids is 2. The van der Waals surface area contributed by atoms with Gasteiger partial charge in [0.05, 0.1) is 25.4 Å². The maximum atomic E-state index is 12.4. The van der Waals surface area contributed by atoms with E-state index < -0.39 is 12.1 Å². The number of nitrogens with one attached hydrogen (secondary N) is 1. The molecule has 0 aliphatic carbocycles. The molecule has 6 nitrogen and oxygen atoms in total. The van der Waals surface area contributed by atoms with Crippen LogP contribution in [0.15, 0.2) is 24.3 Å². The average molecular weight is 1110 g/mol.